The molecule has 13 heavy (non-hydrogen) atoms. The Balaban J connectivity index is 2.29. The Morgan fingerprint density at radius 1 is 1.31 bits per heavy atom. The van der Waals surface area contributed by atoms with Crippen molar-refractivity contribution in [2.24, 2.45) is 0 Å². The summed E-state index contributed by atoms with van der Waals surface area (Å²) in [5.41, 5.74) is 0. The van der Waals surface area contributed by atoms with E-state index in [9.17, 15) is 0 Å². The highest BCUT2D eigenvalue weighted by Crippen LogP contribution is 2.28. The van der Waals surface area contributed by atoms with Crippen molar-refractivity contribution in [1.82, 2.24) is 4.57 Å². The summed E-state index contributed by atoms with van der Waals surface area (Å²) in [6, 6.07) is 0. The van der Waals surface area contributed by atoms with Crippen LogP contribution in [0.3, 0.4) is 0 Å². The highest BCUT2D eigenvalue weighted by Gasteiger charge is 2.01. The fraction of sp³-hybridized carbons (Fsp3) is 0.444. The standard InChI is InChI=1S/C9H11NS3/c1-2-3-4-10-5-7-8(6-10)13-9(11)12-7/h5-6H,2-4H2,1H3. The molecule has 0 radical (unpaired) electrons. The predicted molar refractivity (Wildman–Crippen MR) is 63.4 cm³/mol. The van der Waals surface area contributed by atoms with E-state index in [0.717, 1.165) is 9.68 Å². The number of fused-ring (bicyclic) bond motifs is 1. The van der Waals surface area contributed by atoms with Gasteiger partial charge in [-0.05, 0) is 6.42 Å². The summed E-state index contributed by atoms with van der Waals surface area (Å²) in [7, 11) is 0. The van der Waals surface area contributed by atoms with E-state index in [1.165, 1.54) is 22.2 Å². The molecule has 0 aliphatic rings. The average molecular weight is 229 g/mol. The maximum atomic E-state index is 5.13. The topological polar surface area (TPSA) is 4.93 Å². The number of nitrogens with zero attached hydrogens (tertiary/aromatic N) is 1. The zero-order valence-electron chi connectivity index (χ0n) is 7.45. The second-order valence-electron chi connectivity index (χ2n) is 3.03. The molecule has 0 aromatic carbocycles. The number of aryl methyl sites for hydroxylation is 1. The molecule has 1 nitrogen and oxygen atoms in total. The monoisotopic (exact) mass is 229 g/mol. The van der Waals surface area contributed by atoms with Crippen LogP contribution in [-0.2, 0) is 6.54 Å². The van der Waals surface area contributed by atoms with E-state index in [0.29, 0.717) is 0 Å². The first-order valence-electron chi connectivity index (χ1n) is 4.39. The molecule has 70 valence electrons. The molecule has 0 fully saturated rings. The molecule has 0 spiro atoms. The number of hydrogen-bond acceptors (Lipinski definition) is 3. The van der Waals surface area contributed by atoms with Crippen LogP contribution in [0, 0.1) is 3.14 Å². The molecule has 0 N–H and O–H groups in total. The molecule has 2 rings (SSSR count). The van der Waals surface area contributed by atoms with Gasteiger partial charge in [-0.15, -0.1) is 22.7 Å². The molecule has 4 heteroatoms. The van der Waals surface area contributed by atoms with Crippen molar-refractivity contribution in [1.29, 1.82) is 0 Å². The second kappa shape index (κ2) is 3.90. The minimum Gasteiger partial charge on any atom is -0.351 e. The molecule has 0 saturated heterocycles. The third kappa shape index (κ3) is 2.00. The van der Waals surface area contributed by atoms with Crippen LogP contribution in [0.25, 0.3) is 9.40 Å². The van der Waals surface area contributed by atoms with Gasteiger partial charge in [-0.25, -0.2) is 0 Å². The Morgan fingerprint density at radius 2 is 1.92 bits per heavy atom. The summed E-state index contributed by atoms with van der Waals surface area (Å²) in [6.45, 7) is 3.35. The van der Waals surface area contributed by atoms with Gasteiger partial charge >= 0.3 is 0 Å². The quantitative estimate of drug-likeness (QED) is 0.711. The predicted octanol–water partition coefficient (Wildman–Crippen LogP) is 4.29. The van der Waals surface area contributed by atoms with Gasteiger partial charge in [0.2, 0.25) is 0 Å². The molecular weight excluding hydrogens is 218 g/mol. The van der Waals surface area contributed by atoms with E-state index in [2.05, 4.69) is 23.9 Å². The number of unbranched alkanes of at least 4 members (excludes halogenated alkanes) is 1. The van der Waals surface area contributed by atoms with E-state index >= 15 is 0 Å². The van der Waals surface area contributed by atoms with Gasteiger partial charge in [-0.3, -0.25) is 0 Å². The van der Waals surface area contributed by atoms with Gasteiger partial charge in [0.25, 0.3) is 0 Å². The Morgan fingerprint density at radius 3 is 2.46 bits per heavy atom. The fourth-order valence-corrected chi connectivity index (χ4v) is 3.83. The molecule has 0 aliphatic heterocycles. The van der Waals surface area contributed by atoms with Gasteiger partial charge in [0, 0.05) is 18.9 Å². The van der Waals surface area contributed by atoms with E-state index in [-0.39, 0.29) is 0 Å². The second-order valence-corrected chi connectivity index (χ2v) is 6.32. The molecule has 0 atom stereocenters. The summed E-state index contributed by atoms with van der Waals surface area (Å²) in [4.78, 5) is 0. The SMILES string of the molecule is CCCCn1cc2sc(=S)sc2c1. The van der Waals surface area contributed by atoms with Gasteiger partial charge in [-0.2, -0.15) is 0 Å². The summed E-state index contributed by atoms with van der Waals surface area (Å²) in [5.74, 6) is 0. The maximum absolute atomic E-state index is 5.13. The first kappa shape index (κ1) is 9.37. The van der Waals surface area contributed by atoms with Crippen LogP contribution in [0.5, 0.6) is 0 Å². The van der Waals surface area contributed by atoms with Crippen LogP contribution in [0.1, 0.15) is 19.8 Å². The highest BCUT2D eigenvalue weighted by atomic mass is 32.2. The zero-order valence-corrected chi connectivity index (χ0v) is 9.90. The maximum Gasteiger partial charge on any atom is 0.144 e. The lowest BCUT2D eigenvalue weighted by Gasteiger charge is -1.98. The smallest absolute Gasteiger partial charge is 0.144 e. The summed E-state index contributed by atoms with van der Waals surface area (Å²) < 4.78 is 5.99. The van der Waals surface area contributed by atoms with Crippen LogP contribution in [-0.4, -0.2) is 4.57 Å². The van der Waals surface area contributed by atoms with Crippen molar-refractivity contribution >= 4 is 44.3 Å². The van der Waals surface area contributed by atoms with Crippen molar-refractivity contribution in [3.8, 4) is 0 Å². The first-order chi connectivity index (χ1) is 6.29. The van der Waals surface area contributed by atoms with Gasteiger partial charge in [0.15, 0.2) is 0 Å². The molecular formula is C9H11NS3. The molecule has 0 bridgehead atoms. The van der Waals surface area contributed by atoms with Crippen molar-refractivity contribution in [2.45, 2.75) is 26.3 Å². The molecule has 0 unspecified atom stereocenters. The Kier molecular flexibility index (Phi) is 2.81. The van der Waals surface area contributed by atoms with Crippen LogP contribution in [0.4, 0.5) is 0 Å². The Labute approximate surface area is 90.6 Å². The third-order valence-corrected chi connectivity index (χ3v) is 4.52. The van der Waals surface area contributed by atoms with Crippen LogP contribution < -0.4 is 0 Å². The number of rotatable bonds is 3. The first-order valence-corrected chi connectivity index (χ1v) is 6.43. The van der Waals surface area contributed by atoms with Crippen LogP contribution in [0.15, 0.2) is 12.4 Å². The van der Waals surface area contributed by atoms with Gasteiger partial charge in [0.05, 0.1) is 9.40 Å². The number of aromatic nitrogens is 1. The molecule has 2 aromatic rings. The summed E-state index contributed by atoms with van der Waals surface area (Å²) >= 11 is 8.56. The lowest BCUT2D eigenvalue weighted by molar-refractivity contribution is 0.637. The minimum absolute atomic E-state index is 1.03. The lowest BCUT2D eigenvalue weighted by Crippen LogP contribution is -1.91. The van der Waals surface area contributed by atoms with Crippen molar-refractivity contribution in [3.63, 3.8) is 0 Å². The average Bonchev–Trinajstić information content (AvgIpc) is 2.57. The minimum atomic E-state index is 1.03. The van der Waals surface area contributed by atoms with Gasteiger partial charge in [0.1, 0.15) is 3.14 Å². The zero-order chi connectivity index (χ0) is 9.26. The van der Waals surface area contributed by atoms with Crippen LogP contribution >= 0.6 is 34.9 Å². The Hall–Kier alpha value is -0.190. The Bertz CT molecular complexity index is 414. The normalized spacial score (nSPS) is 11.2. The lowest BCUT2D eigenvalue weighted by atomic mass is 10.3. The van der Waals surface area contributed by atoms with Crippen molar-refractivity contribution < 1.29 is 0 Å². The fourth-order valence-electron chi connectivity index (χ4n) is 1.29. The molecule has 0 saturated carbocycles. The highest BCUT2D eigenvalue weighted by molar-refractivity contribution is 7.77. The van der Waals surface area contributed by atoms with Gasteiger partial charge < -0.3 is 4.57 Å². The van der Waals surface area contributed by atoms with E-state index in [1.54, 1.807) is 22.7 Å². The van der Waals surface area contributed by atoms with E-state index in [4.69, 9.17) is 12.2 Å². The number of hydrogen-bond donors (Lipinski definition) is 0. The molecule has 2 aromatic heterocycles. The van der Waals surface area contributed by atoms with E-state index in [1.807, 2.05) is 0 Å². The summed E-state index contributed by atoms with van der Waals surface area (Å²) in [6.07, 6.45) is 6.93. The summed E-state index contributed by atoms with van der Waals surface area (Å²) in [5, 5.41) is 0. The molecule has 0 aliphatic carbocycles. The molecule has 2 heterocycles. The largest absolute Gasteiger partial charge is 0.351 e. The molecule has 0 amide bonds. The van der Waals surface area contributed by atoms with E-state index < -0.39 is 0 Å². The van der Waals surface area contributed by atoms with Gasteiger partial charge in [-0.1, -0.05) is 25.6 Å². The van der Waals surface area contributed by atoms with Crippen LogP contribution in [0.2, 0.25) is 0 Å². The van der Waals surface area contributed by atoms with Crippen molar-refractivity contribution in [3.05, 3.63) is 15.5 Å². The third-order valence-electron chi connectivity index (χ3n) is 1.97. The van der Waals surface area contributed by atoms with Crippen molar-refractivity contribution in [2.75, 3.05) is 0 Å².